The molecular weight excluding hydrogens is 225 g/mol. The van der Waals surface area contributed by atoms with Gasteiger partial charge in [-0.3, -0.25) is 10.1 Å². The van der Waals surface area contributed by atoms with Gasteiger partial charge in [-0.2, -0.15) is 0 Å². The van der Waals surface area contributed by atoms with Gasteiger partial charge in [-0.25, -0.2) is 4.98 Å². The van der Waals surface area contributed by atoms with Gasteiger partial charge in [-0.1, -0.05) is 0 Å². The van der Waals surface area contributed by atoms with Gasteiger partial charge in [0.25, 0.3) is 0 Å². The van der Waals surface area contributed by atoms with E-state index in [-0.39, 0.29) is 17.1 Å². The topological polar surface area (TPSA) is 82.0 Å². The summed E-state index contributed by atoms with van der Waals surface area (Å²) < 4.78 is 0.364. The number of hydrogen-bond acceptors (Lipinski definition) is 4. The summed E-state index contributed by atoms with van der Waals surface area (Å²) in [6.45, 7) is 0. The molecular formula is C5H3BBrN3O2. The van der Waals surface area contributed by atoms with Gasteiger partial charge < -0.3 is 5.73 Å². The first-order chi connectivity index (χ1) is 5.52. The molecule has 0 aromatic carbocycles. The molecule has 0 aliphatic rings. The minimum Gasteiger partial charge on any atom is -0.378 e. The zero-order valence-corrected chi connectivity index (χ0v) is 7.41. The molecule has 1 rings (SSSR count). The highest BCUT2D eigenvalue weighted by molar-refractivity contribution is 9.10. The molecule has 2 radical (unpaired) electrons. The summed E-state index contributed by atoms with van der Waals surface area (Å²) in [4.78, 5) is 13.3. The van der Waals surface area contributed by atoms with E-state index in [1.807, 2.05) is 0 Å². The summed E-state index contributed by atoms with van der Waals surface area (Å²) in [5.41, 5.74) is 5.12. The van der Waals surface area contributed by atoms with Crippen molar-refractivity contribution in [2.24, 2.45) is 0 Å². The molecule has 0 saturated carbocycles. The SMILES string of the molecule is [B]c1nc(N)c([N+](=O)[O-])cc1Br. The van der Waals surface area contributed by atoms with Gasteiger partial charge in [0.2, 0.25) is 5.82 Å². The number of nitrogen functional groups attached to an aromatic ring is 1. The van der Waals surface area contributed by atoms with Crippen LogP contribution in [0.1, 0.15) is 0 Å². The third-order valence-electron chi connectivity index (χ3n) is 1.21. The molecule has 0 unspecified atom stereocenters. The lowest BCUT2D eigenvalue weighted by Gasteiger charge is -1.99. The Labute approximate surface area is 77.7 Å². The van der Waals surface area contributed by atoms with Gasteiger partial charge in [0, 0.05) is 16.1 Å². The van der Waals surface area contributed by atoms with Crippen LogP contribution in [0.5, 0.6) is 0 Å². The van der Waals surface area contributed by atoms with Crippen LogP contribution in [-0.4, -0.2) is 17.8 Å². The molecule has 0 saturated heterocycles. The minimum atomic E-state index is -0.619. The Morgan fingerprint density at radius 1 is 1.75 bits per heavy atom. The van der Waals surface area contributed by atoms with Crippen molar-refractivity contribution >= 4 is 40.9 Å². The normalized spacial score (nSPS) is 9.75. The Hall–Kier alpha value is -1.11. The van der Waals surface area contributed by atoms with Crippen molar-refractivity contribution in [1.29, 1.82) is 0 Å². The van der Waals surface area contributed by atoms with Crippen molar-refractivity contribution in [2.45, 2.75) is 0 Å². The monoisotopic (exact) mass is 227 g/mol. The lowest BCUT2D eigenvalue weighted by atomic mass is 10.0. The first kappa shape index (κ1) is 8.99. The van der Waals surface area contributed by atoms with E-state index in [2.05, 4.69) is 20.9 Å². The number of hydrogen-bond donors (Lipinski definition) is 1. The van der Waals surface area contributed by atoms with Crippen LogP contribution in [0, 0.1) is 10.1 Å². The van der Waals surface area contributed by atoms with E-state index in [1.165, 1.54) is 6.07 Å². The average Bonchev–Trinajstić information content (AvgIpc) is 1.96. The molecule has 12 heavy (non-hydrogen) atoms. The lowest BCUT2D eigenvalue weighted by Crippen LogP contribution is -2.13. The van der Waals surface area contributed by atoms with Crippen molar-refractivity contribution < 1.29 is 4.92 Å². The summed E-state index contributed by atoms with van der Waals surface area (Å²) in [7, 11) is 5.33. The van der Waals surface area contributed by atoms with Gasteiger partial charge in [-0.15, -0.1) is 0 Å². The average molecular weight is 228 g/mol. The van der Waals surface area contributed by atoms with Crippen LogP contribution in [-0.2, 0) is 0 Å². The molecule has 0 spiro atoms. The molecule has 0 aliphatic carbocycles. The second-order valence-electron chi connectivity index (χ2n) is 2.02. The summed E-state index contributed by atoms with van der Waals surface area (Å²) in [6, 6.07) is 1.22. The molecule has 0 fully saturated rings. The van der Waals surface area contributed by atoms with E-state index in [4.69, 9.17) is 13.6 Å². The molecule has 0 amide bonds. The number of rotatable bonds is 1. The van der Waals surface area contributed by atoms with Gasteiger partial charge in [0.15, 0.2) is 0 Å². The number of pyridine rings is 1. The maximum absolute atomic E-state index is 10.3. The third-order valence-corrected chi connectivity index (χ3v) is 1.84. The Morgan fingerprint density at radius 3 is 2.83 bits per heavy atom. The van der Waals surface area contributed by atoms with Crippen LogP contribution in [0.3, 0.4) is 0 Å². The molecule has 60 valence electrons. The van der Waals surface area contributed by atoms with E-state index in [9.17, 15) is 10.1 Å². The molecule has 1 aromatic heterocycles. The smallest absolute Gasteiger partial charge is 0.312 e. The Kier molecular flexibility index (Phi) is 2.32. The van der Waals surface area contributed by atoms with E-state index in [0.717, 1.165) is 0 Å². The van der Waals surface area contributed by atoms with Gasteiger partial charge >= 0.3 is 5.69 Å². The van der Waals surface area contributed by atoms with E-state index in [0.29, 0.717) is 4.47 Å². The first-order valence-corrected chi connectivity index (χ1v) is 3.67. The Balaban J connectivity index is 3.33. The third kappa shape index (κ3) is 1.55. The van der Waals surface area contributed by atoms with Crippen molar-refractivity contribution in [3.05, 3.63) is 20.7 Å². The first-order valence-electron chi connectivity index (χ1n) is 2.88. The van der Waals surface area contributed by atoms with Gasteiger partial charge in [0.05, 0.1) is 4.92 Å². The predicted molar refractivity (Wildman–Crippen MR) is 48.4 cm³/mol. The van der Waals surface area contributed by atoms with Gasteiger partial charge in [-0.05, 0) is 15.9 Å². The van der Waals surface area contributed by atoms with Crippen LogP contribution >= 0.6 is 15.9 Å². The van der Waals surface area contributed by atoms with E-state index in [1.54, 1.807) is 0 Å². The lowest BCUT2D eigenvalue weighted by molar-refractivity contribution is -0.384. The highest BCUT2D eigenvalue weighted by atomic mass is 79.9. The highest BCUT2D eigenvalue weighted by Gasteiger charge is 2.14. The molecule has 0 bridgehead atoms. The number of halogens is 1. The molecule has 1 heterocycles. The van der Waals surface area contributed by atoms with Crippen LogP contribution in [0.15, 0.2) is 10.5 Å². The molecule has 5 nitrogen and oxygen atoms in total. The number of nitrogens with two attached hydrogens (primary N) is 1. The van der Waals surface area contributed by atoms with E-state index < -0.39 is 4.92 Å². The summed E-state index contributed by atoms with van der Waals surface area (Å²) >= 11 is 3.00. The summed E-state index contributed by atoms with van der Waals surface area (Å²) in [5.74, 6) is -0.180. The Morgan fingerprint density at radius 2 is 2.33 bits per heavy atom. The van der Waals surface area contributed by atoms with Crippen LogP contribution < -0.4 is 11.3 Å². The highest BCUT2D eigenvalue weighted by Crippen LogP contribution is 2.20. The molecule has 0 atom stereocenters. The molecule has 7 heteroatoms. The second kappa shape index (κ2) is 3.10. The maximum atomic E-state index is 10.3. The molecule has 0 aliphatic heterocycles. The fraction of sp³-hybridized carbons (Fsp3) is 0. The van der Waals surface area contributed by atoms with Crippen molar-refractivity contribution in [3.8, 4) is 0 Å². The Bertz CT molecular complexity index is 344. The summed E-state index contributed by atoms with van der Waals surface area (Å²) in [6.07, 6.45) is 0. The maximum Gasteiger partial charge on any atom is 0.312 e. The van der Waals surface area contributed by atoms with E-state index >= 15 is 0 Å². The fourth-order valence-electron chi connectivity index (χ4n) is 0.655. The second-order valence-corrected chi connectivity index (χ2v) is 2.87. The van der Waals surface area contributed by atoms with Crippen molar-refractivity contribution in [1.82, 2.24) is 4.98 Å². The standard InChI is InChI=1S/C5H3BBrN3O2/c6-4-2(7)1-3(10(11)12)5(8)9-4/h1H,(H2,8,9). The fourth-order valence-corrected chi connectivity index (χ4v) is 0.960. The number of nitrogens with zero attached hydrogens (tertiary/aromatic N) is 2. The minimum absolute atomic E-state index is 0.137. The molecule has 2 N–H and O–H groups in total. The zero-order valence-electron chi connectivity index (χ0n) is 5.82. The number of anilines is 1. The van der Waals surface area contributed by atoms with Gasteiger partial charge in [0.1, 0.15) is 7.85 Å². The number of aromatic nitrogens is 1. The van der Waals surface area contributed by atoms with Crippen LogP contribution in [0.4, 0.5) is 11.5 Å². The van der Waals surface area contributed by atoms with Crippen molar-refractivity contribution in [3.63, 3.8) is 0 Å². The summed E-state index contributed by atoms with van der Waals surface area (Å²) in [5, 5.41) is 10.3. The van der Waals surface area contributed by atoms with Crippen molar-refractivity contribution in [2.75, 3.05) is 5.73 Å². The largest absolute Gasteiger partial charge is 0.378 e. The quantitative estimate of drug-likeness (QED) is 0.420. The molecule has 1 aromatic rings. The predicted octanol–water partition coefficient (Wildman–Crippen LogP) is 0.128. The van der Waals surface area contributed by atoms with Crippen LogP contribution in [0.25, 0.3) is 0 Å². The number of nitro groups is 1. The van der Waals surface area contributed by atoms with Crippen LogP contribution in [0.2, 0.25) is 0 Å². The zero-order chi connectivity index (χ0) is 9.30.